The summed E-state index contributed by atoms with van der Waals surface area (Å²) in [6.07, 6.45) is 3.88. The van der Waals surface area contributed by atoms with Crippen molar-refractivity contribution in [2.75, 3.05) is 13.7 Å². The van der Waals surface area contributed by atoms with Crippen molar-refractivity contribution < 1.29 is 14.3 Å². The smallest absolute Gasteiger partial charge is 0.326 e. The molecule has 0 saturated heterocycles. The normalized spacial score (nSPS) is 27.1. The summed E-state index contributed by atoms with van der Waals surface area (Å²) >= 11 is 0. The molecule has 1 rings (SSSR count). The van der Waals surface area contributed by atoms with Gasteiger partial charge in [0.1, 0.15) is 5.54 Å². The third-order valence-electron chi connectivity index (χ3n) is 3.92. The van der Waals surface area contributed by atoms with Crippen molar-refractivity contribution in [3.63, 3.8) is 0 Å². The van der Waals surface area contributed by atoms with Gasteiger partial charge in [-0.25, -0.2) is 0 Å². The quantitative estimate of drug-likeness (QED) is 0.762. The molecule has 1 N–H and O–H groups in total. The van der Waals surface area contributed by atoms with Gasteiger partial charge in [0.2, 0.25) is 0 Å². The summed E-state index contributed by atoms with van der Waals surface area (Å²) in [5, 5.41) is 3.47. The lowest BCUT2D eigenvalue weighted by molar-refractivity contribution is -0.151. The first-order chi connectivity index (χ1) is 9.21. The van der Waals surface area contributed by atoms with E-state index < -0.39 is 5.54 Å². The highest BCUT2D eigenvalue weighted by molar-refractivity contribution is 5.81. The van der Waals surface area contributed by atoms with E-state index in [1.807, 2.05) is 0 Å². The fraction of sp³-hybridized carbons (Fsp3) is 0.938. The molecule has 0 aromatic carbocycles. The number of carbonyl (C=O) groups excluding carboxylic acids is 1. The van der Waals surface area contributed by atoms with E-state index in [1.165, 1.54) is 7.11 Å². The highest BCUT2D eigenvalue weighted by Gasteiger charge is 2.49. The number of ether oxygens (including phenoxy) is 2. The molecule has 0 radical (unpaired) electrons. The zero-order valence-electron chi connectivity index (χ0n) is 13.9. The summed E-state index contributed by atoms with van der Waals surface area (Å²) in [6, 6.07) is 0.262. The molecule has 0 amide bonds. The van der Waals surface area contributed by atoms with Crippen molar-refractivity contribution >= 4 is 5.97 Å². The zero-order chi connectivity index (χ0) is 15.4. The third-order valence-corrected chi connectivity index (χ3v) is 3.92. The first-order valence-electron chi connectivity index (χ1n) is 7.71. The van der Waals surface area contributed by atoms with Crippen molar-refractivity contribution in [1.82, 2.24) is 5.32 Å². The van der Waals surface area contributed by atoms with Crippen molar-refractivity contribution in [1.29, 1.82) is 0 Å². The van der Waals surface area contributed by atoms with Crippen LogP contribution >= 0.6 is 0 Å². The maximum absolute atomic E-state index is 12.3. The Morgan fingerprint density at radius 2 is 2.05 bits per heavy atom. The van der Waals surface area contributed by atoms with Gasteiger partial charge in [0.15, 0.2) is 0 Å². The standard InChI is InChI=1S/C16H31NO3/c1-12(2)17-16(14(18)19-6)10-7-8-13(16)9-11-20-15(3,4)5/h12-13,17H,7-11H2,1-6H3. The minimum absolute atomic E-state index is 0.121. The predicted octanol–water partition coefficient (Wildman–Crippen LogP) is 2.90. The van der Waals surface area contributed by atoms with E-state index in [0.29, 0.717) is 12.5 Å². The van der Waals surface area contributed by atoms with Crippen LogP contribution in [0.1, 0.15) is 60.3 Å². The molecule has 2 atom stereocenters. The van der Waals surface area contributed by atoms with Crippen molar-refractivity contribution in [2.45, 2.75) is 77.5 Å². The highest BCUT2D eigenvalue weighted by atomic mass is 16.5. The van der Waals surface area contributed by atoms with Crippen LogP contribution in [-0.4, -0.2) is 36.9 Å². The van der Waals surface area contributed by atoms with E-state index in [0.717, 1.165) is 25.7 Å². The van der Waals surface area contributed by atoms with E-state index in [4.69, 9.17) is 9.47 Å². The molecule has 4 nitrogen and oxygen atoms in total. The van der Waals surface area contributed by atoms with E-state index in [2.05, 4.69) is 39.9 Å². The van der Waals surface area contributed by atoms with Crippen LogP contribution in [-0.2, 0) is 14.3 Å². The number of carbonyl (C=O) groups is 1. The molecule has 2 unspecified atom stereocenters. The molecular weight excluding hydrogens is 254 g/mol. The predicted molar refractivity (Wildman–Crippen MR) is 80.7 cm³/mol. The minimum Gasteiger partial charge on any atom is -0.468 e. The van der Waals surface area contributed by atoms with E-state index in [1.54, 1.807) is 0 Å². The molecule has 0 aromatic rings. The molecule has 1 aliphatic carbocycles. The Hall–Kier alpha value is -0.610. The lowest BCUT2D eigenvalue weighted by atomic mass is 9.84. The Morgan fingerprint density at radius 1 is 1.40 bits per heavy atom. The SMILES string of the molecule is COC(=O)C1(NC(C)C)CCCC1CCOC(C)(C)C. The first-order valence-corrected chi connectivity index (χ1v) is 7.71. The van der Waals surface area contributed by atoms with Gasteiger partial charge >= 0.3 is 5.97 Å². The van der Waals surface area contributed by atoms with Crippen LogP contribution in [0, 0.1) is 5.92 Å². The summed E-state index contributed by atoms with van der Waals surface area (Å²) in [5.41, 5.74) is -0.651. The maximum Gasteiger partial charge on any atom is 0.326 e. The summed E-state index contributed by atoms with van der Waals surface area (Å²) in [4.78, 5) is 12.3. The van der Waals surface area contributed by atoms with Gasteiger partial charge in [0, 0.05) is 12.6 Å². The molecule has 0 spiro atoms. The average Bonchev–Trinajstić information content (AvgIpc) is 2.70. The highest BCUT2D eigenvalue weighted by Crippen LogP contribution is 2.39. The number of hydrogen-bond donors (Lipinski definition) is 1. The van der Waals surface area contributed by atoms with Gasteiger partial charge in [0.05, 0.1) is 12.7 Å². The number of rotatable bonds is 6. The lowest BCUT2D eigenvalue weighted by Crippen LogP contribution is -2.57. The molecule has 1 fully saturated rings. The maximum atomic E-state index is 12.3. The van der Waals surface area contributed by atoms with Gasteiger partial charge in [-0.2, -0.15) is 0 Å². The first kappa shape index (κ1) is 17.4. The summed E-state index contributed by atoms with van der Waals surface area (Å²) in [7, 11) is 1.48. The van der Waals surface area contributed by atoms with Crippen molar-refractivity contribution in [3.8, 4) is 0 Å². The molecular formula is C16H31NO3. The molecule has 0 heterocycles. The minimum atomic E-state index is -0.524. The molecule has 1 saturated carbocycles. The Bertz CT molecular complexity index is 322. The molecule has 118 valence electrons. The number of nitrogens with one attached hydrogen (secondary N) is 1. The third kappa shape index (κ3) is 4.45. The second-order valence-electron chi connectivity index (χ2n) is 7.10. The van der Waals surface area contributed by atoms with Crippen LogP contribution in [0.3, 0.4) is 0 Å². The summed E-state index contributed by atoms with van der Waals surface area (Å²) in [5.74, 6) is 0.171. The number of methoxy groups -OCH3 is 1. The topological polar surface area (TPSA) is 47.6 Å². The molecule has 4 heteroatoms. The molecule has 0 aliphatic heterocycles. The van der Waals surface area contributed by atoms with Crippen LogP contribution in [0.5, 0.6) is 0 Å². The van der Waals surface area contributed by atoms with Gasteiger partial charge < -0.3 is 9.47 Å². The molecule has 20 heavy (non-hydrogen) atoms. The van der Waals surface area contributed by atoms with Gasteiger partial charge in [0.25, 0.3) is 0 Å². The van der Waals surface area contributed by atoms with Crippen LogP contribution in [0.4, 0.5) is 0 Å². The fourth-order valence-corrected chi connectivity index (χ4v) is 3.19. The largest absolute Gasteiger partial charge is 0.468 e. The van der Waals surface area contributed by atoms with Crippen molar-refractivity contribution in [3.05, 3.63) is 0 Å². The van der Waals surface area contributed by atoms with Crippen LogP contribution in [0.2, 0.25) is 0 Å². The van der Waals surface area contributed by atoms with E-state index >= 15 is 0 Å². The summed E-state index contributed by atoms with van der Waals surface area (Å²) in [6.45, 7) is 11.0. The Balaban J connectivity index is 2.73. The van der Waals surface area contributed by atoms with Gasteiger partial charge in [-0.1, -0.05) is 6.42 Å². The molecule has 0 aromatic heterocycles. The van der Waals surface area contributed by atoms with Crippen LogP contribution in [0.15, 0.2) is 0 Å². The monoisotopic (exact) mass is 285 g/mol. The van der Waals surface area contributed by atoms with E-state index in [-0.39, 0.29) is 17.6 Å². The fourth-order valence-electron chi connectivity index (χ4n) is 3.19. The Morgan fingerprint density at radius 3 is 2.55 bits per heavy atom. The van der Waals surface area contributed by atoms with Gasteiger partial charge in [-0.3, -0.25) is 10.1 Å². The Labute approximate surface area is 123 Å². The van der Waals surface area contributed by atoms with Gasteiger partial charge in [-0.05, 0) is 59.8 Å². The zero-order valence-corrected chi connectivity index (χ0v) is 13.9. The van der Waals surface area contributed by atoms with Gasteiger partial charge in [-0.15, -0.1) is 0 Å². The average molecular weight is 285 g/mol. The summed E-state index contributed by atoms with van der Waals surface area (Å²) < 4.78 is 10.9. The lowest BCUT2D eigenvalue weighted by Gasteiger charge is -2.36. The molecule has 0 bridgehead atoms. The van der Waals surface area contributed by atoms with Crippen LogP contribution in [0.25, 0.3) is 0 Å². The number of esters is 1. The van der Waals surface area contributed by atoms with Crippen LogP contribution < -0.4 is 5.32 Å². The second-order valence-corrected chi connectivity index (χ2v) is 7.10. The second kappa shape index (κ2) is 6.90. The van der Waals surface area contributed by atoms with E-state index in [9.17, 15) is 4.79 Å². The van der Waals surface area contributed by atoms with Crippen molar-refractivity contribution in [2.24, 2.45) is 5.92 Å². The Kier molecular flexibility index (Phi) is 6.02. The molecule has 1 aliphatic rings. The number of hydrogen-bond acceptors (Lipinski definition) is 4.